The SMILES string of the molecule is CCS(=O)(=O)c1c(I)ccc(C(N)=O)c1Cc1ccccc1. The maximum Gasteiger partial charge on any atom is 0.249 e. The van der Waals surface area contributed by atoms with Gasteiger partial charge >= 0.3 is 0 Å². The quantitative estimate of drug-likeness (QED) is 0.743. The van der Waals surface area contributed by atoms with E-state index in [4.69, 9.17) is 5.73 Å². The number of halogens is 1. The Morgan fingerprint density at radius 3 is 2.32 bits per heavy atom. The van der Waals surface area contributed by atoms with E-state index in [1.807, 2.05) is 52.9 Å². The van der Waals surface area contributed by atoms with Gasteiger partial charge in [0.25, 0.3) is 0 Å². The van der Waals surface area contributed by atoms with E-state index in [1.54, 1.807) is 19.1 Å². The van der Waals surface area contributed by atoms with Gasteiger partial charge in [0, 0.05) is 9.13 Å². The third-order valence-electron chi connectivity index (χ3n) is 3.39. The summed E-state index contributed by atoms with van der Waals surface area (Å²) in [4.78, 5) is 11.9. The van der Waals surface area contributed by atoms with Gasteiger partial charge in [-0.1, -0.05) is 37.3 Å². The molecule has 1 amide bonds. The van der Waals surface area contributed by atoms with Crippen molar-refractivity contribution in [2.75, 3.05) is 5.75 Å². The van der Waals surface area contributed by atoms with Crippen molar-refractivity contribution in [2.24, 2.45) is 5.73 Å². The minimum absolute atomic E-state index is 0.0208. The second kappa shape index (κ2) is 6.78. The fraction of sp³-hybridized carbons (Fsp3) is 0.188. The van der Waals surface area contributed by atoms with Crippen molar-refractivity contribution in [3.63, 3.8) is 0 Å². The van der Waals surface area contributed by atoms with E-state index in [0.29, 0.717) is 15.6 Å². The highest BCUT2D eigenvalue weighted by Crippen LogP contribution is 2.29. The summed E-state index contributed by atoms with van der Waals surface area (Å²) < 4.78 is 25.5. The van der Waals surface area contributed by atoms with Gasteiger partial charge in [0.15, 0.2) is 9.84 Å². The van der Waals surface area contributed by atoms with E-state index < -0.39 is 15.7 Å². The van der Waals surface area contributed by atoms with E-state index in [9.17, 15) is 13.2 Å². The van der Waals surface area contributed by atoms with Crippen LogP contribution >= 0.6 is 22.6 Å². The average molecular weight is 429 g/mol. The molecule has 0 aliphatic rings. The van der Waals surface area contributed by atoms with Crippen LogP contribution in [0.5, 0.6) is 0 Å². The lowest BCUT2D eigenvalue weighted by atomic mass is 9.99. The van der Waals surface area contributed by atoms with Gasteiger partial charge in [0.05, 0.1) is 10.6 Å². The third-order valence-corrected chi connectivity index (χ3v) is 6.51. The predicted octanol–water partition coefficient (Wildman–Crippen LogP) is 2.77. The van der Waals surface area contributed by atoms with Crippen LogP contribution in [0.25, 0.3) is 0 Å². The summed E-state index contributed by atoms with van der Waals surface area (Å²) in [6, 6.07) is 12.6. The molecule has 2 aromatic rings. The number of carbonyl (C=O) groups is 1. The molecular weight excluding hydrogens is 413 g/mol. The number of hydrogen-bond acceptors (Lipinski definition) is 3. The number of hydrogen-bond donors (Lipinski definition) is 1. The zero-order valence-corrected chi connectivity index (χ0v) is 15.0. The number of amides is 1. The molecule has 0 aliphatic heterocycles. The molecule has 4 nitrogen and oxygen atoms in total. The predicted molar refractivity (Wildman–Crippen MR) is 94.7 cm³/mol. The molecule has 22 heavy (non-hydrogen) atoms. The number of nitrogens with two attached hydrogens (primary N) is 1. The fourth-order valence-corrected chi connectivity index (χ4v) is 5.01. The van der Waals surface area contributed by atoms with Crippen LogP contribution in [0.3, 0.4) is 0 Å². The number of carbonyl (C=O) groups excluding carboxylic acids is 1. The Balaban J connectivity index is 2.72. The van der Waals surface area contributed by atoms with Crippen LogP contribution in [0.15, 0.2) is 47.4 Å². The van der Waals surface area contributed by atoms with Gasteiger partial charge in [0.2, 0.25) is 5.91 Å². The highest BCUT2D eigenvalue weighted by Gasteiger charge is 2.24. The lowest BCUT2D eigenvalue weighted by Gasteiger charge is -2.15. The van der Waals surface area contributed by atoms with E-state index in [-0.39, 0.29) is 16.2 Å². The Morgan fingerprint density at radius 2 is 1.77 bits per heavy atom. The molecule has 0 aliphatic carbocycles. The van der Waals surface area contributed by atoms with E-state index in [2.05, 4.69) is 0 Å². The summed E-state index contributed by atoms with van der Waals surface area (Å²) in [6.45, 7) is 1.59. The maximum atomic E-state index is 12.5. The summed E-state index contributed by atoms with van der Waals surface area (Å²) in [7, 11) is -3.45. The minimum Gasteiger partial charge on any atom is -0.366 e. The Hall–Kier alpha value is -1.41. The topological polar surface area (TPSA) is 77.2 Å². The number of sulfone groups is 1. The van der Waals surface area contributed by atoms with Crippen molar-refractivity contribution in [3.05, 3.63) is 62.7 Å². The van der Waals surface area contributed by atoms with Crippen LogP contribution in [0, 0.1) is 3.57 Å². The summed E-state index contributed by atoms with van der Waals surface area (Å²) in [5, 5.41) is 0. The molecule has 0 bridgehead atoms. The first-order chi connectivity index (χ1) is 10.4. The molecule has 0 saturated carbocycles. The summed E-state index contributed by atoms with van der Waals surface area (Å²) in [6.07, 6.45) is 0.352. The van der Waals surface area contributed by atoms with Gasteiger partial charge in [-0.2, -0.15) is 0 Å². The van der Waals surface area contributed by atoms with Gasteiger partial charge in [-0.3, -0.25) is 4.79 Å². The Bertz CT molecular complexity index is 802. The smallest absolute Gasteiger partial charge is 0.249 e. The number of rotatable bonds is 5. The molecule has 0 saturated heterocycles. The second-order valence-corrected chi connectivity index (χ2v) is 8.21. The lowest BCUT2D eigenvalue weighted by molar-refractivity contribution is 0.0999. The maximum absolute atomic E-state index is 12.5. The molecule has 2 rings (SSSR count). The molecular formula is C16H16INO3S. The molecule has 0 atom stereocenters. The zero-order valence-electron chi connectivity index (χ0n) is 12.0. The highest BCUT2D eigenvalue weighted by molar-refractivity contribution is 14.1. The lowest BCUT2D eigenvalue weighted by Crippen LogP contribution is -2.18. The fourth-order valence-electron chi connectivity index (χ4n) is 2.29. The molecule has 116 valence electrons. The van der Waals surface area contributed by atoms with Crippen LogP contribution in [-0.2, 0) is 16.3 Å². The summed E-state index contributed by atoms with van der Waals surface area (Å²) >= 11 is 1.99. The number of primary amides is 1. The first kappa shape index (κ1) is 17.0. The summed E-state index contributed by atoms with van der Waals surface area (Å²) in [5.41, 5.74) is 7.11. The normalized spacial score (nSPS) is 11.4. The van der Waals surface area contributed by atoms with Crippen molar-refractivity contribution >= 4 is 38.3 Å². The van der Waals surface area contributed by atoms with Crippen molar-refractivity contribution in [3.8, 4) is 0 Å². The molecule has 2 N–H and O–H groups in total. The van der Waals surface area contributed by atoms with Crippen molar-refractivity contribution < 1.29 is 13.2 Å². The van der Waals surface area contributed by atoms with E-state index >= 15 is 0 Å². The molecule has 0 aromatic heterocycles. The second-order valence-electron chi connectivity index (χ2n) is 4.83. The van der Waals surface area contributed by atoms with Crippen LogP contribution in [-0.4, -0.2) is 20.1 Å². The van der Waals surface area contributed by atoms with Gasteiger partial charge in [-0.05, 0) is 52.3 Å². The molecule has 0 unspecified atom stereocenters. The molecule has 2 aromatic carbocycles. The van der Waals surface area contributed by atoms with Gasteiger partial charge < -0.3 is 5.73 Å². The van der Waals surface area contributed by atoms with Gasteiger partial charge in [-0.15, -0.1) is 0 Å². The first-order valence-corrected chi connectivity index (χ1v) is 9.47. The van der Waals surface area contributed by atoms with E-state index in [1.165, 1.54) is 0 Å². The van der Waals surface area contributed by atoms with Crippen LogP contribution < -0.4 is 5.73 Å². The molecule has 0 spiro atoms. The zero-order chi connectivity index (χ0) is 16.3. The summed E-state index contributed by atoms with van der Waals surface area (Å²) in [5.74, 6) is -0.637. The van der Waals surface area contributed by atoms with Crippen molar-refractivity contribution in [1.82, 2.24) is 0 Å². The largest absolute Gasteiger partial charge is 0.366 e. The monoisotopic (exact) mass is 429 g/mol. The Labute approximate surface area is 143 Å². The molecule has 0 radical (unpaired) electrons. The van der Waals surface area contributed by atoms with Crippen LogP contribution in [0.1, 0.15) is 28.4 Å². The van der Waals surface area contributed by atoms with Crippen molar-refractivity contribution in [1.29, 1.82) is 0 Å². The highest BCUT2D eigenvalue weighted by atomic mass is 127. The average Bonchev–Trinajstić information content (AvgIpc) is 2.48. The van der Waals surface area contributed by atoms with Gasteiger partial charge in [0.1, 0.15) is 0 Å². The standard InChI is InChI=1S/C16H16INO3S/c1-2-22(20,21)15-13(10-11-6-4-3-5-7-11)12(16(18)19)8-9-14(15)17/h3-9H,2,10H2,1H3,(H2,18,19). The minimum atomic E-state index is -3.45. The van der Waals surface area contributed by atoms with Crippen LogP contribution in [0.4, 0.5) is 0 Å². The molecule has 6 heteroatoms. The van der Waals surface area contributed by atoms with E-state index in [0.717, 1.165) is 5.56 Å². The number of benzene rings is 2. The van der Waals surface area contributed by atoms with Crippen molar-refractivity contribution in [2.45, 2.75) is 18.2 Å². The Kier molecular flexibility index (Phi) is 5.23. The third kappa shape index (κ3) is 3.49. The van der Waals surface area contributed by atoms with Crippen LogP contribution in [0.2, 0.25) is 0 Å². The Morgan fingerprint density at radius 1 is 1.14 bits per heavy atom. The molecule has 0 fully saturated rings. The first-order valence-electron chi connectivity index (χ1n) is 6.74. The molecule has 0 heterocycles. The van der Waals surface area contributed by atoms with Gasteiger partial charge in [-0.25, -0.2) is 8.42 Å².